The number of thioether (sulfide) groups is 1. The first kappa shape index (κ1) is 23.6. The van der Waals surface area contributed by atoms with Gasteiger partial charge in [-0.25, -0.2) is 4.57 Å². The van der Waals surface area contributed by atoms with Gasteiger partial charge in [-0.3, -0.25) is 14.0 Å². The predicted molar refractivity (Wildman–Crippen MR) is 140 cm³/mol. The number of carbonyl (C=O) groups excluding carboxylic acids is 1. The van der Waals surface area contributed by atoms with Gasteiger partial charge in [0.05, 0.1) is 21.8 Å². The number of piperidine rings is 1. The summed E-state index contributed by atoms with van der Waals surface area (Å²) < 4.78 is 3.57. The van der Waals surface area contributed by atoms with E-state index in [1.807, 2.05) is 72.5 Å². The zero-order chi connectivity index (χ0) is 24.9. The molecule has 5 rings (SSSR count). The Morgan fingerprint density at radius 3 is 2.34 bits per heavy atom. The number of aryl methyl sites for hydroxylation is 2. The molecule has 3 unspecified atom stereocenters. The summed E-state index contributed by atoms with van der Waals surface area (Å²) in [6, 6.07) is 13.5. The number of hydrogen-bond donors (Lipinski definition) is 0. The first-order valence-electron chi connectivity index (χ1n) is 12.2. The van der Waals surface area contributed by atoms with Gasteiger partial charge in [0.15, 0.2) is 5.16 Å². The lowest BCUT2D eigenvalue weighted by atomic mass is 9.92. The molecule has 0 aliphatic carbocycles. The summed E-state index contributed by atoms with van der Waals surface area (Å²) in [5, 5.41) is 9.81. The van der Waals surface area contributed by atoms with E-state index < -0.39 is 0 Å². The van der Waals surface area contributed by atoms with Crippen LogP contribution in [0.1, 0.15) is 38.3 Å². The van der Waals surface area contributed by atoms with Crippen LogP contribution in [0.25, 0.3) is 22.4 Å². The first-order chi connectivity index (χ1) is 16.8. The molecule has 7 nitrogen and oxygen atoms in total. The van der Waals surface area contributed by atoms with Crippen LogP contribution in [0.3, 0.4) is 0 Å². The Balaban J connectivity index is 1.63. The summed E-state index contributed by atoms with van der Waals surface area (Å²) in [6.07, 6.45) is 1.15. The zero-order valence-corrected chi connectivity index (χ0v) is 21.7. The minimum Gasteiger partial charge on any atom is -0.341 e. The maximum absolute atomic E-state index is 13.7. The number of para-hydroxylation sites is 2. The quantitative estimate of drug-likeness (QED) is 0.391. The largest absolute Gasteiger partial charge is 0.341 e. The second-order valence-corrected chi connectivity index (χ2v) is 11.3. The minimum absolute atomic E-state index is 0.123. The second kappa shape index (κ2) is 9.15. The van der Waals surface area contributed by atoms with Gasteiger partial charge < -0.3 is 4.90 Å². The second-order valence-electron chi connectivity index (χ2n) is 9.97. The Kier molecular flexibility index (Phi) is 6.17. The smallest absolute Gasteiger partial charge is 0.267 e. The number of rotatable bonds is 4. The van der Waals surface area contributed by atoms with Crippen LogP contribution in [0.4, 0.5) is 0 Å². The molecular formula is C27H31N5O2S. The molecule has 4 aromatic rings. The molecule has 0 radical (unpaired) electrons. The molecular weight excluding hydrogens is 458 g/mol. The van der Waals surface area contributed by atoms with Gasteiger partial charge in [0.2, 0.25) is 11.7 Å². The standard InChI is InChI=1S/C27H31N5O2S/c1-16-13-17(2)15-30(14-16)24(33)20(5)35-27-29-28-26-31(27)22-12-7-6-11-21(22)25(34)32(26)23-18(3)9-8-10-19(23)4/h6-12,16-17,20H,13-15H2,1-5H3. The Morgan fingerprint density at radius 2 is 1.66 bits per heavy atom. The van der Waals surface area contributed by atoms with Gasteiger partial charge in [-0.05, 0) is 62.3 Å². The highest BCUT2D eigenvalue weighted by Gasteiger charge is 2.30. The van der Waals surface area contributed by atoms with Crippen molar-refractivity contribution in [3.63, 3.8) is 0 Å². The maximum atomic E-state index is 13.7. The van der Waals surface area contributed by atoms with Crippen LogP contribution in [0.15, 0.2) is 52.4 Å². The summed E-state index contributed by atoms with van der Waals surface area (Å²) in [5.74, 6) is 1.58. The average molecular weight is 490 g/mol. The van der Waals surface area contributed by atoms with Gasteiger partial charge in [-0.2, -0.15) is 0 Å². The molecule has 3 atom stereocenters. The lowest BCUT2D eigenvalue weighted by Gasteiger charge is -2.36. The van der Waals surface area contributed by atoms with Crippen LogP contribution >= 0.6 is 11.8 Å². The fraction of sp³-hybridized carbons (Fsp3) is 0.407. The van der Waals surface area contributed by atoms with Crippen LogP contribution in [0, 0.1) is 25.7 Å². The molecule has 0 spiro atoms. The molecule has 1 fully saturated rings. The van der Waals surface area contributed by atoms with Crippen molar-refractivity contribution in [3.05, 3.63) is 63.9 Å². The lowest BCUT2D eigenvalue weighted by molar-refractivity contribution is -0.132. The van der Waals surface area contributed by atoms with Crippen LogP contribution in [-0.2, 0) is 4.79 Å². The molecule has 2 aromatic carbocycles. The van der Waals surface area contributed by atoms with Crippen molar-refractivity contribution in [2.24, 2.45) is 11.8 Å². The SMILES string of the molecule is Cc1cccc(C)c1-n1c(=O)c2ccccc2n2c(SC(C)C(=O)N3CC(C)CC(C)C3)nnc12. The van der Waals surface area contributed by atoms with Gasteiger partial charge in [-0.1, -0.05) is 55.9 Å². The van der Waals surface area contributed by atoms with Crippen molar-refractivity contribution in [2.75, 3.05) is 13.1 Å². The Bertz CT molecular complexity index is 1460. The summed E-state index contributed by atoms with van der Waals surface area (Å²) in [5.41, 5.74) is 3.39. The van der Waals surface area contributed by atoms with Crippen molar-refractivity contribution >= 4 is 34.3 Å². The summed E-state index contributed by atoms with van der Waals surface area (Å²) in [6.45, 7) is 11.9. The number of benzene rings is 2. The molecule has 0 bridgehead atoms. The molecule has 8 heteroatoms. The van der Waals surface area contributed by atoms with Crippen molar-refractivity contribution in [3.8, 4) is 5.69 Å². The van der Waals surface area contributed by atoms with Crippen molar-refractivity contribution in [1.29, 1.82) is 0 Å². The van der Waals surface area contributed by atoms with Gasteiger partial charge in [0.1, 0.15) is 0 Å². The number of nitrogens with zero attached hydrogens (tertiary/aromatic N) is 5. The number of carbonyl (C=O) groups is 1. The molecule has 35 heavy (non-hydrogen) atoms. The van der Waals surface area contributed by atoms with E-state index in [9.17, 15) is 9.59 Å². The third kappa shape index (κ3) is 4.14. The van der Waals surface area contributed by atoms with E-state index in [4.69, 9.17) is 0 Å². The third-order valence-corrected chi connectivity index (χ3v) is 7.90. The summed E-state index contributed by atoms with van der Waals surface area (Å²) >= 11 is 1.40. The molecule has 1 aliphatic heterocycles. The van der Waals surface area contributed by atoms with Crippen LogP contribution in [0.2, 0.25) is 0 Å². The zero-order valence-electron chi connectivity index (χ0n) is 20.9. The highest BCUT2D eigenvalue weighted by Crippen LogP contribution is 2.30. The fourth-order valence-corrected chi connectivity index (χ4v) is 6.36. The Labute approximate surface area is 209 Å². The summed E-state index contributed by atoms with van der Waals surface area (Å²) in [7, 11) is 0. The monoisotopic (exact) mass is 489 g/mol. The third-order valence-electron chi connectivity index (χ3n) is 6.87. The predicted octanol–water partition coefficient (Wildman–Crippen LogP) is 4.64. The highest BCUT2D eigenvalue weighted by atomic mass is 32.2. The van der Waals surface area contributed by atoms with Crippen LogP contribution in [0.5, 0.6) is 0 Å². The number of fused-ring (bicyclic) bond motifs is 3. The van der Waals surface area contributed by atoms with Crippen molar-refractivity contribution in [2.45, 2.75) is 51.4 Å². The number of hydrogen-bond acceptors (Lipinski definition) is 5. The lowest BCUT2D eigenvalue weighted by Crippen LogP contribution is -2.45. The molecule has 0 saturated carbocycles. The molecule has 182 valence electrons. The van der Waals surface area contributed by atoms with E-state index in [0.29, 0.717) is 28.2 Å². The number of likely N-dealkylation sites (tertiary alicyclic amines) is 1. The van der Waals surface area contributed by atoms with Gasteiger partial charge in [-0.15, -0.1) is 10.2 Å². The van der Waals surface area contributed by atoms with Gasteiger partial charge in [0, 0.05) is 13.1 Å². The maximum Gasteiger partial charge on any atom is 0.267 e. The van der Waals surface area contributed by atoms with Crippen molar-refractivity contribution < 1.29 is 4.79 Å². The molecule has 1 saturated heterocycles. The topological polar surface area (TPSA) is 72.5 Å². The van der Waals surface area contributed by atoms with E-state index in [2.05, 4.69) is 24.0 Å². The normalized spacial score (nSPS) is 19.4. The molecule has 3 heterocycles. The van der Waals surface area contributed by atoms with Crippen molar-refractivity contribution in [1.82, 2.24) is 24.1 Å². The number of amides is 1. The van der Waals surface area contributed by atoms with Crippen LogP contribution < -0.4 is 5.56 Å². The molecule has 1 amide bonds. The first-order valence-corrected chi connectivity index (χ1v) is 13.0. The highest BCUT2D eigenvalue weighted by molar-refractivity contribution is 8.00. The molecule has 1 aliphatic rings. The molecule has 2 aromatic heterocycles. The van der Waals surface area contributed by atoms with E-state index in [-0.39, 0.29) is 16.7 Å². The van der Waals surface area contributed by atoms with E-state index in [1.165, 1.54) is 11.8 Å². The van der Waals surface area contributed by atoms with Gasteiger partial charge >= 0.3 is 0 Å². The summed E-state index contributed by atoms with van der Waals surface area (Å²) in [4.78, 5) is 29.0. The minimum atomic E-state index is -0.320. The van der Waals surface area contributed by atoms with E-state index in [1.54, 1.807) is 4.57 Å². The van der Waals surface area contributed by atoms with Gasteiger partial charge in [0.25, 0.3) is 5.56 Å². The van der Waals surface area contributed by atoms with E-state index in [0.717, 1.165) is 41.8 Å². The Hall–Kier alpha value is -3.13. The molecule has 0 N–H and O–H groups in total. The Morgan fingerprint density at radius 1 is 1.00 bits per heavy atom. The average Bonchev–Trinajstić information content (AvgIpc) is 3.23. The van der Waals surface area contributed by atoms with E-state index >= 15 is 0 Å². The van der Waals surface area contributed by atoms with Crippen LogP contribution in [-0.4, -0.2) is 48.3 Å². The fourth-order valence-electron chi connectivity index (χ4n) is 5.42. The number of aromatic nitrogens is 4.